The van der Waals surface area contributed by atoms with Gasteiger partial charge in [0.05, 0.1) is 19.5 Å². The van der Waals surface area contributed by atoms with E-state index in [1.165, 1.54) is 25.7 Å². The first-order valence-corrected chi connectivity index (χ1v) is 9.17. The Morgan fingerprint density at radius 1 is 1.22 bits per heavy atom. The van der Waals surface area contributed by atoms with E-state index in [2.05, 4.69) is 5.32 Å². The molecule has 0 spiro atoms. The minimum absolute atomic E-state index is 0.118. The van der Waals surface area contributed by atoms with Gasteiger partial charge in [0, 0.05) is 10.9 Å². The molecule has 4 atom stereocenters. The molecule has 0 radical (unpaired) electrons. The van der Waals surface area contributed by atoms with Crippen LogP contribution in [0.1, 0.15) is 32.6 Å². The van der Waals surface area contributed by atoms with Crippen molar-refractivity contribution in [1.29, 1.82) is 0 Å². The van der Waals surface area contributed by atoms with Crippen LogP contribution in [0.15, 0.2) is 23.1 Å². The van der Waals surface area contributed by atoms with Gasteiger partial charge in [-0.25, -0.2) is 0 Å². The standard InChI is InChI=1S/C18H25NO3S/c1-11(18(20)19-15-9-12-4-5-13(15)8-12)23-14-6-7-16(21-2)17(10-14)22-3/h6-7,10-13,15H,4-5,8-9H2,1-3H3,(H,19,20)/t11-,12-,13-,15-/m1/s1. The van der Waals surface area contributed by atoms with E-state index in [4.69, 9.17) is 9.47 Å². The Kier molecular flexibility index (Phi) is 5.05. The van der Waals surface area contributed by atoms with Crippen LogP contribution in [-0.2, 0) is 4.79 Å². The average molecular weight is 335 g/mol. The number of thioether (sulfide) groups is 1. The van der Waals surface area contributed by atoms with E-state index in [0.717, 1.165) is 10.8 Å². The topological polar surface area (TPSA) is 47.6 Å². The van der Waals surface area contributed by atoms with Crippen molar-refractivity contribution in [3.05, 3.63) is 18.2 Å². The van der Waals surface area contributed by atoms with Crippen molar-refractivity contribution < 1.29 is 14.3 Å². The van der Waals surface area contributed by atoms with E-state index < -0.39 is 0 Å². The van der Waals surface area contributed by atoms with E-state index in [0.29, 0.717) is 23.5 Å². The molecule has 3 rings (SSSR count). The second-order valence-electron chi connectivity index (χ2n) is 6.57. The highest BCUT2D eigenvalue weighted by atomic mass is 32.2. The second-order valence-corrected chi connectivity index (χ2v) is 7.98. The maximum atomic E-state index is 12.5. The Hall–Kier alpha value is -1.36. The van der Waals surface area contributed by atoms with Gasteiger partial charge >= 0.3 is 0 Å². The molecular formula is C18H25NO3S. The van der Waals surface area contributed by atoms with Crippen LogP contribution in [0.2, 0.25) is 0 Å². The Labute approximate surface area is 142 Å². The summed E-state index contributed by atoms with van der Waals surface area (Å²) < 4.78 is 10.6. The summed E-state index contributed by atoms with van der Waals surface area (Å²) in [5.74, 6) is 3.10. The van der Waals surface area contributed by atoms with Gasteiger partial charge in [0.1, 0.15) is 0 Å². The molecule has 2 fully saturated rings. The number of hydrogen-bond acceptors (Lipinski definition) is 4. The molecule has 1 aromatic rings. The molecule has 1 amide bonds. The van der Waals surface area contributed by atoms with E-state index in [9.17, 15) is 4.79 Å². The summed E-state index contributed by atoms with van der Waals surface area (Å²) in [4.78, 5) is 13.5. The van der Waals surface area contributed by atoms with Crippen LogP contribution < -0.4 is 14.8 Å². The SMILES string of the molecule is COc1ccc(S[C@H](C)C(=O)N[C@@H]2C[C@@H]3CC[C@@H]2C3)cc1OC. The molecule has 5 heteroatoms. The Morgan fingerprint density at radius 2 is 2.00 bits per heavy atom. The zero-order chi connectivity index (χ0) is 16.4. The van der Waals surface area contributed by atoms with Gasteiger partial charge in [0.15, 0.2) is 11.5 Å². The van der Waals surface area contributed by atoms with E-state index in [1.807, 2.05) is 25.1 Å². The van der Waals surface area contributed by atoms with E-state index in [1.54, 1.807) is 26.0 Å². The summed E-state index contributed by atoms with van der Waals surface area (Å²) in [6.45, 7) is 1.96. The number of nitrogens with one attached hydrogen (secondary N) is 1. The molecule has 4 nitrogen and oxygen atoms in total. The number of hydrogen-bond donors (Lipinski definition) is 1. The summed E-state index contributed by atoms with van der Waals surface area (Å²) in [7, 11) is 3.24. The van der Waals surface area contributed by atoms with Gasteiger partial charge in [-0.05, 0) is 56.2 Å². The van der Waals surface area contributed by atoms with Gasteiger partial charge in [-0.15, -0.1) is 11.8 Å². The molecule has 0 aliphatic heterocycles. The maximum Gasteiger partial charge on any atom is 0.233 e. The van der Waals surface area contributed by atoms with Gasteiger partial charge in [-0.1, -0.05) is 6.42 Å². The molecule has 1 aromatic carbocycles. The molecule has 2 aliphatic carbocycles. The van der Waals surface area contributed by atoms with Crippen molar-refractivity contribution in [2.45, 2.75) is 48.8 Å². The average Bonchev–Trinajstić information content (AvgIpc) is 3.17. The fraction of sp³-hybridized carbons (Fsp3) is 0.611. The smallest absolute Gasteiger partial charge is 0.233 e. The van der Waals surface area contributed by atoms with Gasteiger partial charge in [0.2, 0.25) is 5.91 Å². The van der Waals surface area contributed by atoms with Crippen LogP contribution in [0.5, 0.6) is 11.5 Å². The summed E-state index contributed by atoms with van der Waals surface area (Å²) in [5.41, 5.74) is 0. The molecule has 0 saturated heterocycles. The van der Waals surface area contributed by atoms with Crippen molar-refractivity contribution in [1.82, 2.24) is 5.32 Å². The van der Waals surface area contributed by atoms with Crippen LogP contribution in [0, 0.1) is 11.8 Å². The normalized spacial score (nSPS) is 26.8. The number of fused-ring (bicyclic) bond motifs is 2. The summed E-state index contributed by atoms with van der Waals surface area (Å²) in [6.07, 6.45) is 5.12. The van der Waals surface area contributed by atoms with Crippen molar-refractivity contribution in [2.24, 2.45) is 11.8 Å². The molecule has 0 aromatic heterocycles. The first kappa shape index (κ1) is 16.5. The van der Waals surface area contributed by atoms with Crippen LogP contribution in [0.4, 0.5) is 0 Å². The monoisotopic (exact) mass is 335 g/mol. The fourth-order valence-electron chi connectivity index (χ4n) is 3.87. The van der Waals surface area contributed by atoms with Crippen LogP contribution >= 0.6 is 11.8 Å². The van der Waals surface area contributed by atoms with Gasteiger partial charge < -0.3 is 14.8 Å². The zero-order valence-corrected chi connectivity index (χ0v) is 14.8. The number of ether oxygens (including phenoxy) is 2. The highest BCUT2D eigenvalue weighted by Gasteiger charge is 2.40. The first-order valence-electron chi connectivity index (χ1n) is 8.29. The molecule has 2 bridgehead atoms. The minimum Gasteiger partial charge on any atom is -0.493 e. The molecule has 2 saturated carbocycles. The third-order valence-corrected chi connectivity index (χ3v) is 6.20. The fourth-order valence-corrected chi connectivity index (χ4v) is 4.77. The number of amides is 1. The minimum atomic E-state index is -0.118. The van der Waals surface area contributed by atoms with Crippen LogP contribution in [0.3, 0.4) is 0 Å². The number of rotatable bonds is 6. The Balaban J connectivity index is 1.58. The van der Waals surface area contributed by atoms with Gasteiger partial charge in [-0.3, -0.25) is 4.79 Å². The van der Waals surface area contributed by atoms with Crippen molar-refractivity contribution >= 4 is 17.7 Å². The number of methoxy groups -OCH3 is 2. The van der Waals surface area contributed by atoms with Crippen molar-refractivity contribution in [2.75, 3.05) is 14.2 Å². The predicted octanol–water partition coefficient (Wildman–Crippen LogP) is 3.49. The van der Waals surface area contributed by atoms with Crippen molar-refractivity contribution in [3.8, 4) is 11.5 Å². The van der Waals surface area contributed by atoms with Crippen LogP contribution in [-0.4, -0.2) is 31.4 Å². The summed E-state index contributed by atoms with van der Waals surface area (Å²) in [6, 6.07) is 6.16. The number of carbonyl (C=O) groups is 1. The lowest BCUT2D eigenvalue weighted by molar-refractivity contribution is -0.121. The maximum absolute atomic E-state index is 12.5. The number of benzene rings is 1. The Bertz CT molecular complexity index is 577. The highest BCUT2D eigenvalue weighted by molar-refractivity contribution is 8.00. The first-order chi connectivity index (χ1) is 11.1. The third-order valence-electron chi connectivity index (χ3n) is 5.10. The molecule has 126 valence electrons. The largest absolute Gasteiger partial charge is 0.493 e. The zero-order valence-electron chi connectivity index (χ0n) is 14.0. The van der Waals surface area contributed by atoms with Gasteiger partial charge in [-0.2, -0.15) is 0 Å². The van der Waals surface area contributed by atoms with E-state index in [-0.39, 0.29) is 11.2 Å². The van der Waals surface area contributed by atoms with Crippen LogP contribution in [0.25, 0.3) is 0 Å². The lowest BCUT2D eigenvalue weighted by Crippen LogP contribution is -2.42. The van der Waals surface area contributed by atoms with Crippen molar-refractivity contribution in [3.63, 3.8) is 0 Å². The molecule has 2 aliphatic rings. The lowest BCUT2D eigenvalue weighted by atomic mass is 9.95. The third kappa shape index (κ3) is 3.60. The molecular weight excluding hydrogens is 310 g/mol. The molecule has 0 heterocycles. The van der Waals surface area contributed by atoms with Gasteiger partial charge in [0.25, 0.3) is 0 Å². The lowest BCUT2D eigenvalue weighted by Gasteiger charge is -2.24. The molecule has 1 N–H and O–H groups in total. The predicted molar refractivity (Wildman–Crippen MR) is 92.2 cm³/mol. The summed E-state index contributed by atoms with van der Waals surface area (Å²) >= 11 is 1.56. The molecule has 23 heavy (non-hydrogen) atoms. The number of carbonyl (C=O) groups excluding carboxylic acids is 1. The summed E-state index contributed by atoms with van der Waals surface area (Å²) in [5, 5.41) is 3.15. The second kappa shape index (κ2) is 7.04. The highest BCUT2D eigenvalue weighted by Crippen LogP contribution is 2.44. The molecule has 0 unspecified atom stereocenters. The van der Waals surface area contributed by atoms with E-state index >= 15 is 0 Å². The Morgan fingerprint density at radius 3 is 2.61 bits per heavy atom. The quantitative estimate of drug-likeness (QED) is 0.809.